The highest BCUT2D eigenvalue weighted by Gasteiger charge is 2.09. The van der Waals surface area contributed by atoms with Crippen molar-refractivity contribution in [2.75, 3.05) is 13.2 Å². The Morgan fingerprint density at radius 1 is 1.27 bits per heavy atom. The first-order valence-corrected chi connectivity index (χ1v) is 7.13. The van der Waals surface area contributed by atoms with Gasteiger partial charge in [0.15, 0.2) is 5.78 Å². The van der Waals surface area contributed by atoms with Crippen molar-refractivity contribution < 1.29 is 14.3 Å². The number of carbonyl (C=O) groups is 2. The standard InChI is InChI=1S/C16H19N3O3/c1-2-22-16(21)11-10-15(20)14-8-6-13(7-9-14)5-3-4-12-18-19-17/h3,5-9H,2,4,10-12H2,1H3. The van der Waals surface area contributed by atoms with E-state index in [4.69, 9.17) is 10.3 Å². The van der Waals surface area contributed by atoms with Crippen LogP contribution in [-0.2, 0) is 9.53 Å². The number of hydrogen-bond acceptors (Lipinski definition) is 4. The first-order chi connectivity index (χ1) is 10.7. The van der Waals surface area contributed by atoms with E-state index in [2.05, 4.69) is 10.0 Å². The molecule has 116 valence electrons. The third kappa shape index (κ3) is 6.72. The van der Waals surface area contributed by atoms with Crippen LogP contribution in [0.3, 0.4) is 0 Å². The lowest BCUT2D eigenvalue weighted by molar-refractivity contribution is -0.143. The highest BCUT2D eigenvalue weighted by Crippen LogP contribution is 2.10. The van der Waals surface area contributed by atoms with Crippen LogP contribution in [0.5, 0.6) is 0 Å². The third-order valence-electron chi connectivity index (χ3n) is 2.86. The number of ketones is 1. The summed E-state index contributed by atoms with van der Waals surface area (Å²) in [5, 5.41) is 3.43. The molecule has 0 aliphatic rings. The molecule has 0 aliphatic carbocycles. The van der Waals surface area contributed by atoms with Gasteiger partial charge in [-0.2, -0.15) is 0 Å². The van der Waals surface area contributed by atoms with Gasteiger partial charge in [-0.25, -0.2) is 0 Å². The van der Waals surface area contributed by atoms with Crippen LogP contribution in [0.2, 0.25) is 0 Å². The van der Waals surface area contributed by atoms with Gasteiger partial charge in [-0.05, 0) is 24.4 Å². The number of carbonyl (C=O) groups excluding carboxylic acids is 2. The molecule has 0 saturated carbocycles. The monoisotopic (exact) mass is 301 g/mol. The molecular weight excluding hydrogens is 282 g/mol. The molecule has 0 atom stereocenters. The van der Waals surface area contributed by atoms with Crippen LogP contribution >= 0.6 is 0 Å². The molecule has 0 aromatic heterocycles. The zero-order valence-corrected chi connectivity index (χ0v) is 12.6. The van der Waals surface area contributed by atoms with Crippen molar-refractivity contribution in [2.45, 2.75) is 26.2 Å². The van der Waals surface area contributed by atoms with Crippen molar-refractivity contribution in [3.63, 3.8) is 0 Å². The normalized spacial score (nSPS) is 10.2. The van der Waals surface area contributed by atoms with Crippen LogP contribution in [0.1, 0.15) is 42.1 Å². The van der Waals surface area contributed by atoms with Crippen molar-refractivity contribution in [1.82, 2.24) is 0 Å². The Morgan fingerprint density at radius 2 is 2.00 bits per heavy atom. The van der Waals surface area contributed by atoms with E-state index in [1.165, 1.54) is 0 Å². The van der Waals surface area contributed by atoms with Gasteiger partial charge in [-0.15, -0.1) is 0 Å². The van der Waals surface area contributed by atoms with Crippen LogP contribution in [0.25, 0.3) is 16.5 Å². The van der Waals surface area contributed by atoms with Gasteiger partial charge in [-0.3, -0.25) is 9.59 Å². The topological polar surface area (TPSA) is 92.1 Å². The predicted molar refractivity (Wildman–Crippen MR) is 84.3 cm³/mol. The largest absolute Gasteiger partial charge is 0.466 e. The summed E-state index contributed by atoms with van der Waals surface area (Å²) >= 11 is 0. The van der Waals surface area contributed by atoms with Crippen LogP contribution < -0.4 is 0 Å². The summed E-state index contributed by atoms with van der Waals surface area (Å²) in [6, 6.07) is 7.14. The summed E-state index contributed by atoms with van der Waals surface area (Å²) in [5.41, 5.74) is 9.69. The second-order valence-corrected chi connectivity index (χ2v) is 4.50. The SMILES string of the molecule is CCOC(=O)CCC(=O)c1ccc(C=CCCN=[N+]=[N-])cc1. The molecule has 0 saturated heterocycles. The summed E-state index contributed by atoms with van der Waals surface area (Å²) in [7, 11) is 0. The third-order valence-corrected chi connectivity index (χ3v) is 2.86. The van der Waals surface area contributed by atoms with Crippen molar-refractivity contribution in [3.05, 3.63) is 51.9 Å². The van der Waals surface area contributed by atoms with E-state index in [1.54, 1.807) is 19.1 Å². The van der Waals surface area contributed by atoms with Crippen LogP contribution in [0, 0.1) is 0 Å². The first-order valence-electron chi connectivity index (χ1n) is 7.13. The Balaban J connectivity index is 2.48. The Bertz CT molecular complexity index is 573. The number of nitrogens with zero attached hydrogens (tertiary/aromatic N) is 3. The average molecular weight is 301 g/mol. The molecule has 6 nitrogen and oxygen atoms in total. The minimum Gasteiger partial charge on any atom is -0.466 e. The Kier molecular flexibility index (Phi) is 8.08. The molecule has 0 unspecified atom stereocenters. The predicted octanol–water partition coefficient (Wildman–Crippen LogP) is 3.93. The van der Waals surface area contributed by atoms with E-state index in [0.717, 1.165) is 5.56 Å². The number of azide groups is 1. The number of hydrogen-bond donors (Lipinski definition) is 0. The smallest absolute Gasteiger partial charge is 0.306 e. The molecule has 1 rings (SSSR count). The number of Topliss-reactive ketones (excluding diaryl/α,β-unsaturated/α-hetero) is 1. The molecule has 0 amide bonds. The summed E-state index contributed by atoms with van der Waals surface area (Å²) in [4.78, 5) is 25.8. The summed E-state index contributed by atoms with van der Waals surface area (Å²) in [6.45, 7) is 2.49. The van der Waals surface area contributed by atoms with E-state index >= 15 is 0 Å². The van der Waals surface area contributed by atoms with Gasteiger partial charge in [-0.1, -0.05) is 41.5 Å². The fourth-order valence-electron chi connectivity index (χ4n) is 1.77. The Morgan fingerprint density at radius 3 is 2.64 bits per heavy atom. The van der Waals surface area contributed by atoms with Crippen molar-refractivity contribution in [3.8, 4) is 0 Å². The minimum absolute atomic E-state index is 0.0769. The number of ether oxygens (including phenoxy) is 1. The number of esters is 1. The van der Waals surface area contributed by atoms with Crippen LogP contribution in [-0.4, -0.2) is 24.9 Å². The average Bonchev–Trinajstić information content (AvgIpc) is 2.53. The fraction of sp³-hybridized carbons (Fsp3) is 0.375. The van der Waals surface area contributed by atoms with Gasteiger partial charge in [0.05, 0.1) is 13.0 Å². The van der Waals surface area contributed by atoms with Crippen LogP contribution in [0.4, 0.5) is 0 Å². The maximum Gasteiger partial charge on any atom is 0.306 e. The van der Waals surface area contributed by atoms with Crippen molar-refractivity contribution in [2.24, 2.45) is 5.11 Å². The number of rotatable bonds is 9. The lowest BCUT2D eigenvalue weighted by atomic mass is 10.0. The second kappa shape index (κ2) is 10.2. The molecule has 1 aromatic carbocycles. The molecule has 6 heteroatoms. The van der Waals surface area contributed by atoms with Gasteiger partial charge >= 0.3 is 5.97 Å². The molecule has 0 N–H and O–H groups in total. The molecule has 0 bridgehead atoms. The van der Waals surface area contributed by atoms with Gasteiger partial charge in [0.2, 0.25) is 0 Å². The Hall–Kier alpha value is -2.59. The van der Waals surface area contributed by atoms with Gasteiger partial charge in [0, 0.05) is 23.4 Å². The highest BCUT2D eigenvalue weighted by molar-refractivity contribution is 5.97. The van der Waals surface area contributed by atoms with Gasteiger partial charge in [0.1, 0.15) is 0 Å². The van der Waals surface area contributed by atoms with Gasteiger partial charge in [0.25, 0.3) is 0 Å². The zero-order chi connectivity index (χ0) is 16.2. The van der Waals surface area contributed by atoms with Crippen LogP contribution in [0.15, 0.2) is 35.5 Å². The zero-order valence-electron chi connectivity index (χ0n) is 12.6. The minimum atomic E-state index is -0.351. The lowest BCUT2D eigenvalue weighted by Crippen LogP contribution is -2.07. The Labute approximate surface area is 129 Å². The number of benzene rings is 1. The van der Waals surface area contributed by atoms with Crippen molar-refractivity contribution >= 4 is 17.8 Å². The van der Waals surface area contributed by atoms with E-state index in [0.29, 0.717) is 25.1 Å². The van der Waals surface area contributed by atoms with E-state index in [9.17, 15) is 9.59 Å². The summed E-state index contributed by atoms with van der Waals surface area (Å²) < 4.78 is 4.79. The molecule has 0 fully saturated rings. The molecule has 22 heavy (non-hydrogen) atoms. The first kappa shape index (κ1) is 17.5. The molecule has 0 aliphatic heterocycles. The van der Waals surface area contributed by atoms with E-state index in [1.807, 2.05) is 24.3 Å². The van der Waals surface area contributed by atoms with E-state index in [-0.39, 0.29) is 24.6 Å². The molecule has 0 heterocycles. The van der Waals surface area contributed by atoms with Gasteiger partial charge < -0.3 is 4.74 Å². The lowest BCUT2D eigenvalue weighted by Gasteiger charge is -2.02. The molecule has 0 spiro atoms. The summed E-state index contributed by atoms with van der Waals surface area (Å²) in [6.07, 6.45) is 4.74. The molecular formula is C16H19N3O3. The quantitative estimate of drug-likeness (QED) is 0.173. The summed E-state index contributed by atoms with van der Waals surface area (Å²) in [5.74, 6) is -0.428. The maximum absolute atomic E-state index is 11.9. The second-order valence-electron chi connectivity index (χ2n) is 4.50. The van der Waals surface area contributed by atoms with Crippen molar-refractivity contribution in [1.29, 1.82) is 0 Å². The molecule has 0 radical (unpaired) electrons. The maximum atomic E-state index is 11.9. The fourth-order valence-corrected chi connectivity index (χ4v) is 1.77. The molecule has 1 aromatic rings. The highest BCUT2D eigenvalue weighted by atomic mass is 16.5. The van der Waals surface area contributed by atoms with E-state index < -0.39 is 0 Å².